The largest absolute Gasteiger partial charge is 0.508 e. The third-order valence-corrected chi connectivity index (χ3v) is 5.45. The topological polar surface area (TPSA) is 106 Å². The molecule has 0 fully saturated rings. The Balaban J connectivity index is 1.86. The van der Waals surface area contributed by atoms with E-state index in [0.29, 0.717) is 14.2 Å². The molecule has 21 heavy (non-hydrogen) atoms. The van der Waals surface area contributed by atoms with Gasteiger partial charge in [-0.05, 0) is 24.3 Å². The Labute approximate surface area is 133 Å². The van der Waals surface area contributed by atoms with Crippen LogP contribution in [-0.2, 0) is 4.79 Å². The minimum absolute atomic E-state index is 0.0541. The SMILES string of the molecule is NC(=O)CSc1nnc(SCC(=O)c2ccc(O)cc2)s1. The maximum Gasteiger partial charge on any atom is 0.227 e. The fraction of sp³-hybridized carbons (Fsp3) is 0.167. The summed E-state index contributed by atoms with van der Waals surface area (Å²) >= 11 is 3.83. The van der Waals surface area contributed by atoms with Gasteiger partial charge in [-0.2, -0.15) is 0 Å². The van der Waals surface area contributed by atoms with E-state index in [-0.39, 0.29) is 23.0 Å². The minimum Gasteiger partial charge on any atom is -0.508 e. The third-order valence-electron chi connectivity index (χ3n) is 2.24. The number of thioether (sulfide) groups is 2. The molecule has 6 nitrogen and oxygen atoms in total. The van der Waals surface area contributed by atoms with Crippen LogP contribution in [0.5, 0.6) is 5.75 Å². The molecule has 0 aliphatic heterocycles. The van der Waals surface area contributed by atoms with Crippen LogP contribution in [0.2, 0.25) is 0 Å². The first-order chi connectivity index (χ1) is 10.0. The van der Waals surface area contributed by atoms with Crippen LogP contribution < -0.4 is 5.73 Å². The van der Waals surface area contributed by atoms with Crippen molar-refractivity contribution in [1.29, 1.82) is 0 Å². The molecule has 0 aliphatic rings. The van der Waals surface area contributed by atoms with Gasteiger partial charge in [-0.15, -0.1) is 10.2 Å². The van der Waals surface area contributed by atoms with Crippen molar-refractivity contribution in [2.75, 3.05) is 11.5 Å². The molecule has 0 saturated carbocycles. The Morgan fingerprint density at radius 3 is 2.24 bits per heavy atom. The van der Waals surface area contributed by atoms with Crippen molar-refractivity contribution in [3.63, 3.8) is 0 Å². The number of carbonyl (C=O) groups excluding carboxylic acids is 2. The maximum atomic E-state index is 11.9. The van der Waals surface area contributed by atoms with E-state index in [1.54, 1.807) is 12.1 Å². The Bertz CT molecular complexity index is 643. The number of phenolic OH excluding ortho intramolecular Hbond substituents is 1. The molecule has 0 spiro atoms. The summed E-state index contributed by atoms with van der Waals surface area (Å²) in [6, 6.07) is 6.10. The number of phenols is 1. The molecule has 1 aromatic carbocycles. The normalized spacial score (nSPS) is 10.5. The van der Waals surface area contributed by atoms with Crippen molar-refractivity contribution in [2.24, 2.45) is 5.73 Å². The average Bonchev–Trinajstić information content (AvgIpc) is 2.91. The molecule has 0 atom stereocenters. The van der Waals surface area contributed by atoms with Crippen LogP contribution in [0.15, 0.2) is 32.9 Å². The van der Waals surface area contributed by atoms with Gasteiger partial charge in [0.05, 0.1) is 11.5 Å². The van der Waals surface area contributed by atoms with Crippen LogP contribution in [0, 0.1) is 0 Å². The quantitative estimate of drug-likeness (QED) is 0.584. The van der Waals surface area contributed by atoms with Gasteiger partial charge < -0.3 is 10.8 Å². The van der Waals surface area contributed by atoms with E-state index in [4.69, 9.17) is 5.73 Å². The number of hydrogen-bond acceptors (Lipinski definition) is 8. The number of benzene rings is 1. The molecule has 3 N–H and O–H groups in total. The molecule has 0 saturated heterocycles. The lowest BCUT2D eigenvalue weighted by atomic mass is 10.1. The second kappa shape index (κ2) is 7.43. The van der Waals surface area contributed by atoms with Crippen molar-refractivity contribution < 1.29 is 14.7 Å². The molecular weight excluding hydrogens is 330 g/mol. The fourth-order valence-corrected chi connectivity index (χ4v) is 3.96. The molecule has 0 bridgehead atoms. The zero-order chi connectivity index (χ0) is 15.2. The number of nitrogens with two attached hydrogens (primary N) is 1. The lowest BCUT2D eigenvalue weighted by Gasteiger charge is -1.99. The predicted molar refractivity (Wildman–Crippen MR) is 83.0 cm³/mol. The van der Waals surface area contributed by atoms with Crippen molar-refractivity contribution in [3.05, 3.63) is 29.8 Å². The van der Waals surface area contributed by atoms with Crippen LogP contribution in [0.4, 0.5) is 0 Å². The predicted octanol–water partition coefficient (Wildman–Crippen LogP) is 1.80. The first-order valence-electron chi connectivity index (χ1n) is 5.74. The standard InChI is InChI=1S/C12H11N3O3S3/c13-10(18)6-20-12-15-14-11(21-12)19-5-9(17)7-1-3-8(16)4-2-7/h1-4,16H,5-6H2,(H2,13,18). The first-order valence-corrected chi connectivity index (χ1v) is 8.53. The molecule has 0 aliphatic carbocycles. The van der Waals surface area contributed by atoms with E-state index in [0.717, 1.165) is 0 Å². The minimum atomic E-state index is -0.410. The van der Waals surface area contributed by atoms with Crippen LogP contribution in [0.25, 0.3) is 0 Å². The highest BCUT2D eigenvalue weighted by Crippen LogP contribution is 2.29. The Morgan fingerprint density at radius 2 is 1.67 bits per heavy atom. The zero-order valence-corrected chi connectivity index (χ0v) is 13.1. The average molecular weight is 341 g/mol. The van der Waals surface area contributed by atoms with Crippen LogP contribution >= 0.6 is 34.9 Å². The van der Waals surface area contributed by atoms with Gasteiger partial charge in [-0.1, -0.05) is 34.9 Å². The van der Waals surface area contributed by atoms with Gasteiger partial charge in [0.15, 0.2) is 14.5 Å². The number of Topliss-reactive ketones (excluding diaryl/α,β-unsaturated/α-hetero) is 1. The monoisotopic (exact) mass is 341 g/mol. The summed E-state index contributed by atoms with van der Waals surface area (Å²) < 4.78 is 1.31. The molecule has 2 aromatic rings. The lowest BCUT2D eigenvalue weighted by molar-refractivity contribution is -0.115. The maximum absolute atomic E-state index is 11.9. The van der Waals surface area contributed by atoms with E-state index >= 15 is 0 Å². The fourth-order valence-electron chi connectivity index (χ4n) is 1.30. The second-order valence-electron chi connectivity index (χ2n) is 3.85. The van der Waals surface area contributed by atoms with Crippen molar-refractivity contribution in [3.8, 4) is 5.75 Å². The van der Waals surface area contributed by atoms with E-state index in [2.05, 4.69) is 10.2 Å². The number of carbonyl (C=O) groups is 2. The number of hydrogen-bond donors (Lipinski definition) is 2. The molecule has 110 valence electrons. The van der Waals surface area contributed by atoms with Crippen molar-refractivity contribution in [1.82, 2.24) is 10.2 Å². The Morgan fingerprint density at radius 1 is 1.10 bits per heavy atom. The number of aromatic nitrogens is 2. The second-order valence-corrected chi connectivity index (χ2v) is 7.27. The van der Waals surface area contributed by atoms with Gasteiger partial charge >= 0.3 is 0 Å². The highest BCUT2D eigenvalue weighted by molar-refractivity contribution is 8.03. The molecule has 1 heterocycles. The van der Waals surface area contributed by atoms with Crippen molar-refractivity contribution in [2.45, 2.75) is 8.68 Å². The number of ketones is 1. The van der Waals surface area contributed by atoms with Crippen LogP contribution in [-0.4, -0.2) is 38.5 Å². The molecule has 9 heteroatoms. The smallest absolute Gasteiger partial charge is 0.227 e. The number of nitrogens with zero attached hydrogens (tertiary/aromatic N) is 2. The van der Waals surface area contributed by atoms with Gasteiger partial charge in [0.1, 0.15) is 5.75 Å². The van der Waals surface area contributed by atoms with E-state index < -0.39 is 5.91 Å². The first kappa shape index (κ1) is 15.8. The van der Waals surface area contributed by atoms with E-state index in [1.165, 1.54) is 47.0 Å². The van der Waals surface area contributed by atoms with Gasteiger partial charge in [0, 0.05) is 5.56 Å². The molecule has 1 amide bonds. The number of rotatable bonds is 7. The van der Waals surface area contributed by atoms with Crippen LogP contribution in [0.3, 0.4) is 0 Å². The van der Waals surface area contributed by atoms with Gasteiger partial charge in [-0.3, -0.25) is 9.59 Å². The summed E-state index contributed by atoms with van der Waals surface area (Å²) in [6.07, 6.45) is 0. The van der Waals surface area contributed by atoms with E-state index in [1.807, 2.05) is 0 Å². The lowest BCUT2D eigenvalue weighted by Crippen LogP contribution is -2.12. The zero-order valence-electron chi connectivity index (χ0n) is 10.7. The summed E-state index contributed by atoms with van der Waals surface area (Å²) in [5, 5.41) is 17.0. The van der Waals surface area contributed by atoms with Crippen LogP contribution in [0.1, 0.15) is 10.4 Å². The summed E-state index contributed by atoms with van der Waals surface area (Å²) in [5.41, 5.74) is 5.58. The summed E-state index contributed by atoms with van der Waals surface area (Å²) in [6.45, 7) is 0. The summed E-state index contributed by atoms with van der Waals surface area (Å²) in [5.74, 6) is 0.0546. The Kier molecular flexibility index (Phi) is 5.59. The molecule has 2 rings (SSSR count). The van der Waals surface area contributed by atoms with Gasteiger partial charge in [0.2, 0.25) is 5.91 Å². The number of primary amides is 1. The third kappa shape index (κ3) is 5.03. The highest BCUT2D eigenvalue weighted by Gasteiger charge is 2.11. The number of amides is 1. The molecule has 0 unspecified atom stereocenters. The highest BCUT2D eigenvalue weighted by atomic mass is 32.2. The number of aromatic hydroxyl groups is 1. The molecule has 0 radical (unpaired) electrons. The van der Waals surface area contributed by atoms with Gasteiger partial charge in [0.25, 0.3) is 0 Å². The van der Waals surface area contributed by atoms with Crippen molar-refractivity contribution >= 4 is 46.6 Å². The summed E-state index contributed by atoms with van der Waals surface area (Å²) in [7, 11) is 0. The van der Waals surface area contributed by atoms with E-state index in [9.17, 15) is 14.7 Å². The summed E-state index contributed by atoms with van der Waals surface area (Å²) in [4.78, 5) is 22.6. The molecular formula is C12H11N3O3S3. The molecule has 1 aromatic heterocycles. The Hall–Kier alpha value is -1.58. The van der Waals surface area contributed by atoms with Gasteiger partial charge in [-0.25, -0.2) is 0 Å².